The van der Waals surface area contributed by atoms with E-state index in [0.717, 1.165) is 50.0 Å². The Morgan fingerprint density at radius 1 is 0.768 bits per heavy atom. The molecule has 8 aromatic rings. The fourth-order valence-electron chi connectivity index (χ4n) is 8.18. The average molecular weight is 969 g/mol. The molecule has 0 spiro atoms. The van der Waals surface area contributed by atoms with Gasteiger partial charge in [-0.15, -0.1) is 12.1 Å². The molecule has 3 aromatic heterocycles. The molecule has 0 aliphatic heterocycles. The second-order valence-corrected chi connectivity index (χ2v) is 27.0. The van der Waals surface area contributed by atoms with Crippen molar-refractivity contribution < 1.29 is 24.5 Å². The van der Waals surface area contributed by atoms with Crippen molar-refractivity contribution in [1.29, 1.82) is 5.26 Å². The summed E-state index contributed by atoms with van der Waals surface area (Å²) in [6, 6.07) is 48.4. The molecule has 0 atom stereocenters. The summed E-state index contributed by atoms with van der Waals surface area (Å²) in [4.78, 5) is 9.41. The molecular formula is C50H45GeIrN3O-2. The smallest absolute Gasteiger partial charge is 0 e. The Labute approximate surface area is 346 Å². The van der Waals surface area contributed by atoms with Gasteiger partial charge in [0.05, 0.1) is 5.58 Å². The molecule has 56 heavy (non-hydrogen) atoms. The average Bonchev–Trinajstić information content (AvgIpc) is 3.91. The van der Waals surface area contributed by atoms with Crippen molar-refractivity contribution >= 4 is 50.4 Å². The Kier molecular flexibility index (Phi) is 11.5. The normalized spacial score (nSPS) is 13.3. The molecule has 281 valence electrons. The van der Waals surface area contributed by atoms with Gasteiger partial charge in [0.25, 0.3) is 0 Å². The topological polar surface area (TPSA) is 62.7 Å². The van der Waals surface area contributed by atoms with Gasteiger partial charge in [0, 0.05) is 43.3 Å². The summed E-state index contributed by atoms with van der Waals surface area (Å²) in [6.07, 6.45) is 9.16. The molecule has 0 amide bonds. The van der Waals surface area contributed by atoms with Crippen LogP contribution in [0.25, 0.3) is 66.4 Å². The van der Waals surface area contributed by atoms with E-state index < -0.39 is 13.3 Å². The van der Waals surface area contributed by atoms with Crippen molar-refractivity contribution in [2.75, 3.05) is 0 Å². The Morgan fingerprint density at radius 2 is 1.52 bits per heavy atom. The summed E-state index contributed by atoms with van der Waals surface area (Å²) in [5, 5.41) is 14.1. The molecule has 0 N–H and O–H groups in total. The van der Waals surface area contributed by atoms with Crippen molar-refractivity contribution in [3.63, 3.8) is 0 Å². The van der Waals surface area contributed by atoms with Crippen LogP contribution in [0, 0.1) is 29.4 Å². The number of aromatic nitrogens is 2. The molecule has 5 aromatic carbocycles. The Balaban J connectivity index is 0.000000195. The SMILES string of the molecule is CC(C)(c1ccnc(-c2[c-]cc(C#N)c3c2oc2c(-c4ccccc4)cccc23)c1)C1CCCC1.[CH3][Ge]([CH3])([CH3])[c]1ccc(-c2[c-]ccc3ccccc23)nc1.[Ir]. The van der Waals surface area contributed by atoms with Crippen LogP contribution in [-0.2, 0) is 25.5 Å². The Morgan fingerprint density at radius 3 is 2.25 bits per heavy atom. The second kappa shape index (κ2) is 16.3. The number of benzene rings is 5. The summed E-state index contributed by atoms with van der Waals surface area (Å²) in [5.41, 5.74) is 9.23. The number of hydrogen-bond acceptors (Lipinski definition) is 4. The summed E-state index contributed by atoms with van der Waals surface area (Å²) in [7, 11) is 0. The van der Waals surface area contributed by atoms with Gasteiger partial charge in [-0.3, -0.25) is 0 Å². The van der Waals surface area contributed by atoms with E-state index in [1.807, 2.05) is 42.6 Å². The van der Waals surface area contributed by atoms with Crippen molar-refractivity contribution in [3.8, 4) is 39.7 Å². The van der Waals surface area contributed by atoms with Gasteiger partial charge in [-0.2, -0.15) is 0 Å². The van der Waals surface area contributed by atoms with E-state index in [4.69, 9.17) is 9.40 Å². The van der Waals surface area contributed by atoms with E-state index in [1.54, 1.807) is 6.07 Å². The molecule has 0 bridgehead atoms. The van der Waals surface area contributed by atoms with Gasteiger partial charge in [0.1, 0.15) is 5.58 Å². The van der Waals surface area contributed by atoms with Crippen molar-refractivity contribution in [3.05, 3.63) is 151 Å². The van der Waals surface area contributed by atoms with Gasteiger partial charge in [0.15, 0.2) is 0 Å². The first-order chi connectivity index (χ1) is 26.6. The Hall–Kier alpha value is -4.86. The summed E-state index contributed by atoms with van der Waals surface area (Å²) < 4.78 is 8.01. The van der Waals surface area contributed by atoms with Crippen LogP contribution in [0.15, 0.2) is 132 Å². The van der Waals surface area contributed by atoms with Gasteiger partial charge in [-0.05, 0) is 58.0 Å². The Bertz CT molecular complexity index is 2680. The number of rotatable bonds is 6. The summed E-state index contributed by atoms with van der Waals surface area (Å²) in [5.74, 6) is 7.85. The van der Waals surface area contributed by atoms with Gasteiger partial charge < -0.3 is 9.40 Å². The molecule has 1 saturated carbocycles. The molecule has 9 rings (SSSR count). The first-order valence-electron chi connectivity index (χ1n) is 19.3. The number of nitrogens with zero attached hydrogens (tertiary/aromatic N) is 3. The number of fused-ring (bicyclic) bond motifs is 4. The van der Waals surface area contributed by atoms with E-state index in [9.17, 15) is 5.26 Å². The molecular weight excluding hydrogens is 923 g/mol. The number of nitriles is 1. The number of furan rings is 1. The van der Waals surface area contributed by atoms with Crippen LogP contribution in [0.5, 0.6) is 0 Å². The minimum atomic E-state index is -1.78. The van der Waals surface area contributed by atoms with Crippen LogP contribution < -0.4 is 4.40 Å². The quantitative estimate of drug-likeness (QED) is 0.123. The minimum absolute atomic E-state index is 0. The van der Waals surface area contributed by atoms with Crippen LogP contribution in [0.3, 0.4) is 0 Å². The van der Waals surface area contributed by atoms with Crippen LogP contribution in [0.2, 0.25) is 17.3 Å². The van der Waals surface area contributed by atoms with Crippen LogP contribution >= 0.6 is 0 Å². The third-order valence-electron chi connectivity index (χ3n) is 11.5. The fourth-order valence-corrected chi connectivity index (χ4v) is 10.4. The van der Waals surface area contributed by atoms with Gasteiger partial charge in [0.2, 0.25) is 0 Å². The summed E-state index contributed by atoms with van der Waals surface area (Å²) >= 11 is -1.78. The third kappa shape index (κ3) is 7.63. The first-order valence-corrected chi connectivity index (χ1v) is 26.7. The molecule has 1 radical (unpaired) electrons. The second-order valence-electron chi connectivity index (χ2n) is 16.3. The van der Waals surface area contributed by atoms with Gasteiger partial charge in [-0.25, -0.2) is 5.26 Å². The predicted molar refractivity (Wildman–Crippen MR) is 230 cm³/mol. The molecule has 1 fully saturated rings. The molecule has 4 nitrogen and oxygen atoms in total. The number of para-hydroxylation sites is 1. The molecule has 1 aliphatic carbocycles. The zero-order valence-corrected chi connectivity index (χ0v) is 37.1. The van der Waals surface area contributed by atoms with Crippen molar-refractivity contribution in [1.82, 2.24) is 9.97 Å². The van der Waals surface area contributed by atoms with Gasteiger partial charge in [-0.1, -0.05) is 86.8 Å². The van der Waals surface area contributed by atoms with Gasteiger partial charge >= 0.3 is 123 Å². The maximum atomic E-state index is 9.91. The maximum absolute atomic E-state index is 9.91. The van der Waals surface area contributed by atoms with E-state index in [-0.39, 0.29) is 25.5 Å². The monoisotopic (exact) mass is 970 g/mol. The molecule has 1 aliphatic rings. The molecule has 0 saturated heterocycles. The zero-order valence-electron chi connectivity index (χ0n) is 32.6. The molecule has 0 unspecified atom stereocenters. The first kappa shape index (κ1) is 39.4. The van der Waals surface area contributed by atoms with Crippen LogP contribution in [0.1, 0.15) is 50.7 Å². The third-order valence-corrected chi connectivity index (χ3v) is 15.8. The summed E-state index contributed by atoms with van der Waals surface area (Å²) in [6.45, 7) is 4.71. The van der Waals surface area contributed by atoms with E-state index in [2.05, 4.69) is 133 Å². The predicted octanol–water partition coefficient (Wildman–Crippen LogP) is 12.7. The number of pyridine rings is 2. The largest absolute Gasteiger partial charge is 0 e. The molecule has 3 heterocycles. The van der Waals surface area contributed by atoms with Crippen molar-refractivity contribution in [2.45, 2.75) is 62.2 Å². The maximum Gasteiger partial charge on any atom is 0 e. The molecule has 6 heteroatoms. The van der Waals surface area contributed by atoms with E-state index in [1.165, 1.54) is 46.4 Å². The van der Waals surface area contributed by atoms with E-state index >= 15 is 0 Å². The van der Waals surface area contributed by atoms with Crippen LogP contribution in [-0.4, -0.2) is 23.2 Å². The zero-order chi connectivity index (χ0) is 38.2. The van der Waals surface area contributed by atoms with E-state index in [0.29, 0.717) is 17.1 Å². The minimum Gasteiger partial charge on any atom is 0 e. The van der Waals surface area contributed by atoms with Crippen LogP contribution in [0.4, 0.5) is 0 Å². The standard InChI is InChI=1S/C32H27N2O.C18H18GeN.Ir/c1-32(2,23-11-6-7-12-23)24-17-18-34-28(19-24)26-16-15-22(20-33)29-27-14-8-13-25(30(27)35-31(26)29)21-9-4-3-5-10-21;1-19(2,3)15-11-12-18(20-13-15)17-10-6-8-14-7-4-5-9-16(14)17;/h3-5,8-10,13-15,17-19,23H,6-7,11-12H2,1-2H3;4-9,11-13H,1-3H3;/q2*-1;. The number of hydrogen-bond donors (Lipinski definition) is 0. The van der Waals surface area contributed by atoms with Crippen molar-refractivity contribution in [2.24, 2.45) is 5.92 Å². The fraction of sp³-hybridized carbons (Fsp3) is 0.220.